The van der Waals surface area contributed by atoms with E-state index >= 15 is 8.78 Å². The summed E-state index contributed by atoms with van der Waals surface area (Å²) in [4.78, 5) is 63.7. The van der Waals surface area contributed by atoms with Crippen molar-refractivity contribution in [3.63, 3.8) is 0 Å². The molecule has 1 aliphatic heterocycles. The number of amides is 2. The van der Waals surface area contributed by atoms with Crippen molar-refractivity contribution in [2.45, 2.75) is 78.0 Å². The number of nitrogens with one attached hydrogen (secondary N) is 1. The number of aromatic carboxylic acids is 1. The van der Waals surface area contributed by atoms with Gasteiger partial charge in [0.05, 0.1) is 22.5 Å². The maximum Gasteiger partial charge on any atom is 0.414 e. The number of carboxylic acid groups (broad SMARTS) is 1. The van der Waals surface area contributed by atoms with Crippen molar-refractivity contribution in [3.05, 3.63) is 69.4 Å². The van der Waals surface area contributed by atoms with Gasteiger partial charge in [0.1, 0.15) is 22.4 Å². The zero-order chi connectivity index (χ0) is 39.2. The van der Waals surface area contributed by atoms with E-state index in [9.17, 15) is 24.3 Å². The number of anilines is 2. The van der Waals surface area contributed by atoms with E-state index in [1.54, 1.807) is 60.9 Å². The van der Waals surface area contributed by atoms with E-state index in [0.29, 0.717) is 59.6 Å². The first-order valence-electron chi connectivity index (χ1n) is 17.7. The van der Waals surface area contributed by atoms with Crippen LogP contribution in [-0.2, 0) is 22.9 Å². The molecule has 2 N–H and O–H groups in total. The van der Waals surface area contributed by atoms with Gasteiger partial charge in [-0.25, -0.2) is 28.1 Å². The normalized spacial score (nSPS) is 18.8. The van der Waals surface area contributed by atoms with Crippen LogP contribution in [0.4, 0.5) is 29.7 Å². The average Bonchev–Trinajstić information content (AvgIpc) is 3.35. The highest BCUT2D eigenvalue weighted by atomic mass is 19.2. The number of rotatable bonds is 5. The summed E-state index contributed by atoms with van der Waals surface area (Å²) < 4.78 is 44.5. The van der Waals surface area contributed by atoms with Crippen LogP contribution < -0.4 is 20.5 Å². The summed E-state index contributed by atoms with van der Waals surface area (Å²) in [5, 5.41) is 12.8. The smallest absolute Gasteiger partial charge is 0.414 e. The molecule has 13 nitrogen and oxygen atoms in total. The van der Waals surface area contributed by atoms with Gasteiger partial charge in [-0.3, -0.25) is 14.7 Å². The Morgan fingerprint density at radius 3 is 2.41 bits per heavy atom. The summed E-state index contributed by atoms with van der Waals surface area (Å²) in [5.41, 5.74) is -0.131. The number of pyridine rings is 3. The van der Waals surface area contributed by atoms with Gasteiger partial charge >= 0.3 is 18.2 Å². The van der Waals surface area contributed by atoms with Gasteiger partial charge in [0.25, 0.3) is 0 Å². The zero-order valence-corrected chi connectivity index (χ0v) is 31.4. The minimum atomic E-state index is -1.38. The first kappa shape index (κ1) is 36.7. The highest BCUT2D eigenvalue weighted by Crippen LogP contribution is 2.57. The van der Waals surface area contributed by atoms with Crippen molar-refractivity contribution in [1.29, 1.82) is 0 Å². The van der Waals surface area contributed by atoms with Gasteiger partial charge in [-0.15, -0.1) is 0 Å². The fourth-order valence-corrected chi connectivity index (χ4v) is 7.66. The van der Waals surface area contributed by atoms with Crippen molar-refractivity contribution >= 4 is 40.6 Å². The Labute approximate surface area is 309 Å². The summed E-state index contributed by atoms with van der Waals surface area (Å²) >= 11 is 0. The molecule has 54 heavy (non-hydrogen) atoms. The van der Waals surface area contributed by atoms with Gasteiger partial charge in [-0.05, 0) is 66.0 Å². The predicted octanol–water partition coefficient (Wildman–Crippen LogP) is 6.41. The number of carboxylic acids is 1. The molecule has 0 bridgehead atoms. The lowest BCUT2D eigenvalue weighted by Gasteiger charge is -2.27. The summed E-state index contributed by atoms with van der Waals surface area (Å²) in [6.07, 6.45) is 4.50. The monoisotopic (exact) mass is 744 g/mol. The second kappa shape index (κ2) is 12.5. The van der Waals surface area contributed by atoms with Crippen LogP contribution in [0, 0.1) is 17.0 Å². The predicted molar refractivity (Wildman–Crippen MR) is 197 cm³/mol. The van der Waals surface area contributed by atoms with Crippen molar-refractivity contribution in [2.24, 2.45) is 12.5 Å². The van der Waals surface area contributed by atoms with Gasteiger partial charge in [0, 0.05) is 92.0 Å². The molecule has 3 aliphatic rings. The largest absolute Gasteiger partial charge is 0.477 e. The molecule has 4 heterocycles. The summed E-state index contributed by atoms with van der Waals surface area (Å²) in [6, 6.07) is 2.35. The van der Waals surface area contributed by atoms with E-state index < -0.39 is 52.0 Å². The van der Waals surface area contributed by atoms with E-state index in [4.69, 9.17) is 14.5 Å². The first-order chi connectivity index (χ1) is 25.2. The summed E-state index contributed by atoms with van der Waals surface area (Å²) in [5.74, 6) is -3.65. The number of hydrogen-bond donors (Lipinski definition) is 2. The Kier molecular flexibility index (Phi) is 8.50. The van der Waals surface area contributed by atoms with Gasteiger partial charge in [0.15, 0.2) is 11.6 Å². The number of benzene rings is 1. The number of nitrogens with zero attached hydrogens (tertiary/aromatic N) is 5. The van der Waals surface area contributed by atoms with Crippen LogP contribution in [0.3, 0.4) is 0 Å². The third kappa shape index (κ3) is 6.38. The Bertz CT molecular complexity index is 2350. The van der Waals surface area contributed by atoms with Crippen LogP contribution >= 0.6 is 0 Å². The Morgan fingerprint density at radius 2 is 1.74 bits per heavy atom. The molecular weight excluding hydrogens is 702 g/mol. The van der Waals surface area contributed by atoms with Gasteiger partial charge < -0.3 is 29.4 Å². The minimum Gasteiger partial charge on any atom is -0.477 e. The molecule has 2 amide bonds. The van der Waals surface area contributed by atoms with Crippen molar-refractivity contribution in [1.82, 2.24) is 19.9 Å². The quantitative estimate of drug-likeness (QED) is 0.206. The molecule has 4 aromatic rings. The summed E-state index contributed by atoms with van der Waals surface area (Å²) in [7, 11) is 3.02. The molecule has 2 fully saturated rings. The second-order valence-electron chi connectivity index (χ2n) is 16.4. The molecule has 0 unspecified atom stereocenters. The van der Waals surface area contributed by atoms with Crippen molar-refractivity contribution < 1.29 is 37.7 Å². The molecule has 284 valence electrons. The minimum absolute atomic E-state index is 0.0437. The van der Waals surface area contributed by atoms with Crippen LogP contribution in [-0.4, -0.2) is 75.2 Å². The molecule has 7 rings (SSSR count). The van der Waals surface area contributed by atoms with Crippen LogP contribution in [0.15, 0.2) is 35.5 Å². The summed E-state index contributed by atoms with van der Waals surface area (Å²) in [6.45, 7) is 11.4. The maximum atomic E-state index is 16.3. The molecule has 0 radical (unpaired) electrons. The number of halogens is 2. The van der Waals surface area contributed by atoms with E-state index in [-0.39, 0.29) is 40.2 Å². The fourth-order valence-electron chi connectivity index (χ4n) is 7.66. The number of alkyl carbamates (subject to hydrolysis) is 1. The number of carbonyl (C=O) groups is 3. The van der Waals surface area contributed by atoms with Crippen LogP contribution in [0.2, 0.25) is 0 Å². The van der Waals surface area contributed by atoms with E-state index in [1.807, 2.05) is 0 Å². The molecule has 1 aromatic carbocycles. The van der Waals surface area contributed by atoms with Gasteiger partial charge in [0.2, 0.25) is 5.43 Å². The number of carbonyl (C=O) groups excluding carboxylic acids is 2. The SMILES string of the molecule is CN(C(=O)OC(C)(C)C)c1cc(F)c(F)c2c1Cc1ncc(-c3cnc4c(c3)c(=O)c(C(=O)O)cn4C)c(N3CC[C@@]4(C[C@H]4NC(=O)OC(C)(C)C)C3)c1-2. The number of fused-ring (bicyclic) bond motifs is 4. The Balaban J connectivity index is 1.39. The maximum absolute atomic E-state index is 16.3. The van der Waals surface area contributed by atoms with Crippen molar-refractivity contribution in [3.8, 4) is 22.3 Å². The molecule has 2 atom stereocenters. The molecule has 1 saturated heterocycles. The van der Waals surface area contributed by atoms with E-state index in [1.165, 1.54) is 24.0 Å². The number of ether oxygens (including phenoxy) is 2. The second-order valence-corrected chi connectivity index (χ2v) is 16.4. The van der Waals surface area contributed by atoms with Crippen LogP contribution in [0.1, 0.15) is 76.0 Å². The molecular formula is C39H42F2N6O7. The molecule has 3 aromatic heterocycles. The zero-order valence-electron chi connectivity index (χ0n) is 31.4. The number of aromatic nitrogens is 3. The lowest BCUT2D eigenvalue weighted by Crippen LogP contribution is -2.36. The fraction of sp³-hybridized carbons (Fsp3) is 0.436. The van der Waals surface area contributed by atoms with E-state index in [0.717, 1.165) is 11.0 Å². The molecule has 15 heteroatoms. The molecule has 1 spiro atoms. The molecule has 1 saturated carbocycles. The van der Waals surface area contributed by atoms with Gasteiger partial charge in [-0.1, -0.05) is 0 Å². The first-order valence-corrected chi connectivity index (χ1v) is 17.7. The third-order valence-electron chi connectivity index (χ3n) is 10.2. The third-order valence-corrected chi connectivity index (χ3v) is 10.2. The Hall–Kier alpha value is -5.60. The number of aryl methyl sites for hydroxylation is 1. The standard InChI is InChI=1S/C39H42F2N6O7/c1-37(2,3)53-35(51)44-27-14-39(27)9-10-47(18-39)31-22(19-11-21-32(48)23(34(49)50)17-45(7)33(21)43-15-19)16-42-25-12-20-26(46(8)36(52)54-38(4,5)6)13-24(40)30(41)28(20)29(25)31/h11,13,15-17,27H,9-10,12,14,18H2,1-8H3,(H,44,51)(H,49,50)/t27-,39-/m1/s1. The highest BCUT2D eigenvalue weighted by molar-refractivity contribution is 6.00. The van der Waals surface area contributed by atoms with Crippen LogP contribution in [0.5, 0.6) is 0 Å². The highest BCUT2D eigenvalue weighted by Gasteiger charge is 2.59. The van der Waals surface area contributed by atoms with Crippen LogP contribution in [0.25, 0.3) is 33.3 Å². The molecule has 2 aliphatic carbocycles. The van der Waals surface area contributed by atoms with E-state index in [2.05, 4.69) is 15.2 Å². The number of hydrogen-bond acceptors (Lipinski definition) is 9. The topological polar surface area (TPSA) is 156 Å². The van der Waals surface area contributed by atoms with Crippen molar-refractivity contribution in [2.75, 3.05) is 29.9 Å². The van der Waals surface area contributed by atoms with Gasteiger partial charge in [-0.2, -0.15) is 0 Å². The lowest BCUT2D eigenvalue weighted by molar-refractivity contribution is 0.0514. The Morgan fingerprint density at radius 1 is 1.04 bits per heavy atom. The lowest BCUT2D eigenvalue weighted by atomic mass is 9.96. The average molecular weight is 745 g/mol.